The third-order valence-corrected chi connectivity index (χ3v) is 3.40. The van der Waals surface area contributed by atoms with E-state index in [0.717, 1.165) is 36.8 Å². The van der Waals surface area contributed by atoms with Crippen LogP contribution in [0.5, 0.6) is 0 Å². The number of ketones is 1. The minimum atomic E-state index is 0.221. The van der Waals surface area contributed by atoms with Gasteiger partial charge in [-0.1, -0.05) is 30.3 Å². The van der Waals surface area contributed by atoms with Gasteiger partial charge in [-0.15, -0.1) is 23.2 Å². The van der Waals surface area contributed by atoms with E-state index < -0.39 is 0 Å². The van der Waals surface area contributed by atoms with E-state index in [4.69, 9.17) is 23.2 Å². The van der Waals surface area contributed by atoms with Crippen molar-refractivity contribution in [2.24, 2.45) is 0 Å². The van der Waals surface area contributed by atoms with Gasteiger partial charge in [-0.3, -0.25) is 4.79 Å². The molecule has 0 bridgehead atoms. The van der Waals surface area contributed by atoms with Crippen molar-refractivity contribution in [1.29, 1.82) is 0 Å². The lowest BCUT2D eigenvalue weighted by molar-refractivity contribution is -0.115. The molecule has 0 aliphatic heterocycles. The number of hydrogen-bond donors (Lipinski definition) is 0. The molecule has 0 fully saturated rings. The number of carbonyl (C=O) groups excluding carboxylic acids is 1. The van der Waals surface area contributed by atoms with Crippen LogP contribution in [0.1, 0.15) is 37.7 Å². The number of unbranched alkanes of at least 4 members (excludes halogenated alkanes) is 1. The lowest BCUT2D eigenvalue weighted by atomic mass is 9.99. The van der Waals surface area contributed by atoms with Crippen LogP contribution in [0.4, 0.5) is 0 Å². The van der Waals surface area contributed by atoms with E-state index in [2.05, 4.69) is 0 Å². The number of allylic oxidation sites excluding steroid dienone is 1. The molecular weight excluding hydrogens is 279 g/mol. The predicted octanol–water partition coefficient (Wildman–Crippen LogP) is 5.07. The maximum Gasteiger partial charge on any atom is 0.158 e. The molecule has 0 radical (unpaired) electrons. The molecular formula is C16H20Cl2O. The van der Waals surface area contributed by atoms with Crippen LogP contribution < -0.4 is 0 Å². The first kappa shape index (κ1) is 16.3. The molecule has 19 heavy (non-hydrogen) atoms. The summed E-state index contributed by atoms with van der Waals surface area (Å²) in [6, 6.07) is 9.93. The van der Waals surface area contributed by atoms with Gasteiger partial charge in [-0.25, -0.2) is 0 Å². The Labute approximate surface area is 125 Å². The standard InChI is InChI=1S/C16H20Cl2O/c17-11-5-4-10-16(19)15(9-6-12-18)13-14-7-2-1-3-8-14/h1-3,7-8,13H,4-6,9-12H2/b15-13+. The fourth-order valence-electron chi connectivity index (χ4n) is 1.84. The largest absolute Gasteiger partial charge is 0.295 e. The van der Waals surface area contributed by atoms with Crippen LogP contribution in [0, 0.1) is 0 Å². The smallest absolute Gasteiger partial charge is 0.158 e. The van der Waals surface area contributed by atoms with Gasteiger partial charge in [0.05, 0.1) is 0 Å². The molecule has 1 nitrogen and oxygen atoms in total. The van der Waals surface area contributed by atoms with Crippen LogP contribution in [0.3, 0.4) is 0 Å². The highest BCUT2D eigenvalue weighted by Crippen LogP contribution is 2.16. The third-order valence-electron chi connectivity index (χ3n) is 2.87. The van der Waals surface area contributed by atoms with Crippen LogP contribution >= 0.6 is 23.2 Å². The summed E-state index contributed by atoms with van der Waals surface area (Å²) in [5.41, 5.74) is 1.94. The SMILES string of the molecule is O=C(CCCCCl)/C(=C/c1ccccc1)CCCCl. The second-order valence-electron chi connectivity index (χ2n) is 4.44. The van der Waals surface area contributed by atoms with Crippen LogP contribution in [0.25, 0.3) is 6.08 Å². The van der Waals surface area contributed by atoms with Crippen LogP contribution in [-0.4, -0.2) is 17.5 Å². The van der Waals surface area contributed by atoms with Crippen LogP contribution in [0.2, 0.25) is 0 Å². The molecule has 1 rings (SSSR count). The Kier molecular flexibility index (Phi) is 8.61. The highest BCUT2D eigenvalue weighted by atomic mass is 35.5. The van der Waals surface area contributed by atoms with Gasteiger partial charge in [0.2, 0.25) is 0 Å². The lowest BCUT2D eigenvalue weighted by Crippen LogP contribution is -2.03. The van der Waals surface area contributed by atoms with Crippen molar-refractivity contribution in [3.63, 3.8) is 0 Å². The summed E-state index contributed by atoms with van der Waals surface area (Å²) < 4.78 is 0. The Bertz CT molecular complexity index is 398. The average molecular weight is 299 g/mol. The van der Waals surface area contributed by atoms with Gasteiger partial charge in [-0.2, -0.15) is 0 Å². The zero-order valence-electron chi connectivity index (χ0n) is 11.1. The summed E-state index contributed by atoms with van der Waals surface area (Å²) in [6.07, 6.45) is 5.89. The summed E-state index contributed by atoms with van der Waals surface area (Å²) >= 11 is 11.4. The first-order chi connectivity index (χ1) is 9.27. The Morgan fingerprint density at radius 3 is 2.26 bits per heavy atom. The van der Waals surface area contributed by atoms with Crippen LogP contribution in [-0.2, 0) is 4.79 Å². The van der Waals surface area contributed by atoms with Gasteiger partial charge in [0.15, 0.2) is 5.78 Å². The predicted molar refractivity (Wildman–Crippen MR) is 84.0 cm³/mol. The van der Waals surface area contributed by atoms with E-state index in [-0.39, 0.29) is 5.78 Å². The summed E-state index contributed by atoms with van der Waals surface area (Å²) in [7, 11) is 0. The zero-order chi connectivity index (χ0) is 13.9. The zero-order valence-corrected chi connectivity index (χ0v) is 12.6. The van der Waals surface area contributed by atoms with Gasteiger partial charge in [0, 0.05) is 18.2 Å². The molecule has 104 valence electrons. The van der Waals surface area contributed by atoms with Crippen molar-refractivity contribution < 1.29 is 4.79 Å². The quantitative estimate of drug-likeness (QED) is 0.353. The minimum absolute atomic E-state index is 0.221. The highest BCUT2D eigenvalue weighted by molar-refractivity contribution is 6.18. The normalized spacial score (nSPS) is 11.6. The summed E-state index contributed by atoms with van der Waals surface area (Å²) in [5.74, 6) is 1.42. The molecule has 1 aromatic carbocycles. The number of hydrogen-bond acceptors (Lipinski definition) is 1. The highest BCUT2D eigenvalue weighted by Gasteiger charge is 2.09. The van der Waals surface area contributed by atoms with Gasteiger partial charge in [0.1, 0.15) is 0 Å². The molecule has 0 N–H and O–H groups in total. The van der Waals surface area contributed by atoms with Gasteiger partial charge < -0.3 is 0 Å². The van der Waals surface area contributed by atoms with Crippen molar-refractivity contribution in [2.45, 2.75) is 32.1 Å². The molecule has 0 spiro atoms. The fraction of sp³-hybridized carbons (Fsp3) is 0.438. The first-order valence-electron chi connectivity index (χ1n) is 6.68. The molecule has 0 amide bonds. The molecule has 0 saturated heterocycles. The Hall–Kier alpha value is -0.790. The van der Waals surface area contributed by atoms with Crippen molar-refractivity contribution >= 4 is 35.1 Å². The van der Waals surface area contributed by atoms with Crippen LogP contribution in [0.15, 0.2) is 35.9 Å². The molecule has 0 unspecified atom stereocenters. The number of halogens is 2. The van der Waals surface area contributed by atoms with Crippen molar-refractivity contribution in [1.82, 2.24) is 0 Å². The van der Waals surface area contributed by atoms with E-state index in [1.807, 2.05) is 36.4 Å². The minimum Gasteiger partial charge on any atom is -0.295 e. The maximum atomic E-state index is 12.2. The maximum absolute atomic E-state index is 12.2. The molecule has 3 heteroatoms. The Morgan fingerprint density at radius 2 is 1.63 bits per heavy atom. The molecule has 0 heterocycles. The Morgan fingerprint density at radius 1 is 0.947 bits per heavy atom. The van der Waals surface area contributed by atoms with E-state index >= 15 is 0 Å². The van der Waals surface area contributed by atoms with Gasteiger partial charge in [0.25, 0.3) is 0 Å². The van der Waals surface area contributed by atoms with E-state index in [1.54, 1.807) is 0 Å². The lowest BCUT2D eigenvalue weighted by Gasteiger charge is -2.06. The van der Waals surface area contributed by atoms with Crippen molar-refractivity contribution in [2.75, 3.05) is 11.8 Å². The second-order valence-corrected chi connectivity index (χ2v) is 5.20. The van der Waals surface area contributed by atoms with E-state index in [9.17, 15) is 4.79 Å². The fourth-order valence-corrected chi connectivity index (χ4v) is 2.16. The average Bonchev–Trinajstić information content (AvgIpc) is 2.44. The summed E-state index contributed by atoms with van der Waals surface area (Å²) in [5, 5.41) is 0. The molecule has 1 aromatic rings. The van der Waals surface area contributed by atoms with Crippen molar-refractivity contribution in [3.8, 4) is 0 Å². The summed E-state index contributed by atoms with van der Waals surface area (Å²) in [6.45, 7) is 0. The summed E-state index contributed by atoms with van der Waals surface area (Å²) in [4.78, 5) is 12.2. The third kappa shape index (κ3) is 6.79. The monoisotopic (exact) mass is 298 g/mol. The molecule has 0 aliphatic rings. The molecule has 0 aliphatic carbocycles. The topological polar surface area (TPSA) is 17.1 Å². The van der Waals surface area contributed by atoms with E-state index in [1.165, 1.54) is 0 Å². The van der Waals surface area contributed by atoms with Gasteiger partial charge >= 0.3 is 0 Å². The number of alkyl halides is 2. The van der Waals surface area contributed by atoms with Gasteiger partial charge in [-0.05, 0) is 42.9 Å². The Balaban J connectivity index is 2.70. The number of Topliss-reactive ketones (excluding diaryl/α,β-unsaturated/α-hetero) is 1. The number of benzene rings is 1. The van der Waals surface area contributed by atoms with Crippen molar-refractivity contribution in [3.05, 3.63) is 41.5 Å². The van der Waals surface area contributed by atoms with E-state index in [0.29, 0.717) is 18.2 Å². The number of carbonyl (C=O) groups is 1. The molecule has 0 saturated carbocycles. The molecule has 0 atom stereocenters. The first-order valence-corrected chi connectivity index (χ1v) is 7.75. The second kappa shape index (κ2) is 10.1. The number of rotatable bonds is 9. The molecule has 0 aromatic heterocycles.